The Labute approximate surface area is 188 Å². The van der Waals surface area contributed by atoms with Crippen LogP contribution in [0, 0.1) is 11.6 Å². The molecule has 29 heavy (non-hydrogen) atoms. The second-order valence-corrected chi connectivity index (χ2v) is 7.75. The molecule has 1 aromatic rings. The Morgan fingerprint density at radius 3 is 2.17 bits per heavy atom. The zero-order chi connectivity index (χ0) is 20.1. The van der Waals surface area contributed by atoms with E-state index in [0.717, 1.165) is 31.6 Å². The summed E-state index contributed by atoms with van der Waals surface area (Å²) >= 11 is 0. The van der Waals surface area contributed by atoms with Crippen LogP contribution in [-0.2, 0) is 10.2 Å². The number of nitrogens with zero attached hydrogens (tertiary/aromatic N) is 3. The molecule has 0 unspecified atom stereocenters. The van der Waals surface area contributed by atoms with Gasteiger partial charge in [0.15, 0.2) is 5.96 Å². The summed E-state index contributed by atoms with van der Waals surface area (Å²) in [5.41, 5.74) is -0.398. The fourth-order valence-electron chi connectivity index (χ4n) is 4.43. The van der Waals surface area contributed by atoms with Gasteiger partial charge in [-0.1, -0.05) is 18.9 Å². The van der Waals surface area contributed by atoms with Crippen molar-refractivity contribution in [2.24, 2.45) is 4.99 Å². The Hall–Kier alpha value is -1.45. The molecular weight excluding hydrogens is 489 g/mol. The molecule has 1 aliphatic heterocycles. The zero-order valence-corrected chi connectivity index (χ0v) is 19.5. The minimum Gasteiger partial charge on any atom is -0.357 e. The summed E-state index contributed by atoms with van der Waals surface area (Å²) in [5, 5.41) is 3.30. The first-order valence-corrected chi connectivity index (χ1v) is 10.2. The topological polar surface area (TPSA) is 47.9 Å². The predicted octanol–water partition coefficient (Wildman–Crippen LogP) is 3.52. The molecule has 0 aromatic heterocycles. The number of carbonyl (C=O) groups excluding carboxylic acids is 1. The molecule has 0 spiro atoms. The molecular formula is C21H31F2IN4O. The molecule has 1 aliphatic carbocycles. The molecule has 0 bridgehead atoms. The van der Waals surface area contributed by atoms with E-state index < -0.39 is 17.0 Å². The number of hydrogen-bond donors (Lipinski definition) is 1. The molecule has 2 fully saturated rings. The molecule has 1 saturated carbocycles. The molecule has 1 heterocycles. The van der Waals surface area contributed by atoms with Crippen molar-refractivity contribution < 1.29 is 13.6 Å². The predicted molar refractivity (Wildman–Crippen MR) is 122 cm³/mol. The number of carbonyl (C=O) groups is 1. The van der Waals surface area contributed by atoms with Crippen molar-refractivity contribution in [1.82, 2.24) is 15.1 Å². The lowest BCUT2D eigenvalue weighted by molar-refractivity contribution is -0.130. The second-order valence-electron chi connectivity index (χ2n) is 7.75. The number of aliphatic imine (C=N–C) groups is 1. The monoisotopic (exact) mass is 520 g/mol. The standard InChI is InChI=1S/C21H30F2N4O.HI/c1-3-24-20(27-13-11-26(12-14-27)16(2)28)25-15-21(9-4-5-10-21)19-17(22)7-6-8-18(19)23;/h6-8H,3-5,9-15H2,1-2H3,(H,24,25);1H. The number of amides is 1. The van der Waals surface area contributed by atoms with E-state index in [0.29, 0.717) is 39.3 Å². The first-order valence-electron chi connectivity index (χ1n) is 10.2. The van der Waals surface area contributed by atoms with E-state index in [1.54, 1.807) is 6.92 Å². The lowest BCUT2D eigenvalue weighted by Gasteiger charge is -2.37. The van der Waals surface area contributed by atoms with E-state index in [-0.39, 0.29) is 35.4 Å². The molecule has 1 aromatic carbocycles. The van der Waals surface area contributed by atoms with E-state index in [2.05, 4.69) is 10.2 Å². The third-order valence-electron chi connectivity index (χ3n) is 5.94. The second kappa shape index (κ2) is 10.5. The largest absolute Gasteiger partial charge is 0.357 e. The van der Waals surface area contributed by atoms with Crippen LogP contribution in [0.15, 0.2) is 23.2 Å². The van der Waals surface area contributed by atoms with Crippen molar-refractivity contribution in [2.45, 2.75) is 44.9 Å². The van der Waals surface area contributed by atoms with E-state index in [1.165, 1.54) is 18.2 Å². The summed E-state index contributed by atoms with van der Waals surface area (Å²) in [6.45, 7) is 7.39. The summed E-state index contributed by atoms with van der Waals surface area (Å²) < 4.78 is 29.1. The van der Waals surface area contributed by atoms with Gasteiger partial charge in [0.1, 0.15) is 11.6 Å². The number of halogens is 3. The Kier molecular flexibility index (Phi) is 8.66. The average Bonchev–Trinajstić information content (AvgIpc) is 3.14. The number of benzene rings is 1. The third kappa shape index (κ3) is 5.38. The van der Waals surface area contributed by atoms with Gasteiger partial charge < -0.3 is 15.1 Å². The smallest absolute Gasteiger partial charge is 0.219 e. The van der Waals surface area contributed by atoms with Crippen LogP contribution >= 0.6 is 24.0 Å². The van der Waals surface area contributed by atoms with Gasteiger partial charge in [0.05, 0.1) is 6.54 Å². The van der Waals surface area contributed by atoms with Gasteiger partial charge in [0, 0.05) is 50.6 Å². The first-order chi connectivity index (χ1) is 13.5. The van der Waals surface area contributed by atoms with E-state index in [9.17, 15) is 13.6 Å². The maximum atomic E-state index is 14.5. The van der Waals surface area contributed by atoms with E-state index >= 15 is 0 Å². The Morgan fingerprint density at radius 1 is 1.10 bits per heavy atom. The van der Waals surface area contributed by atoms with Crippen molar-refractivity contribution >= 4 is 35.8 Å². The number of hydrogen-bond acceptors (Lipinski definition) is 2. The Morgan fingerprint density at radius 2 is 1.66 bits per heavy atom. The van der Waals surface area contributed by atoms with Gasteiger partial charge in [-0.05, 0) is 31.9 Å². The molecule has 0 atom stereocenters. The highest BCUT2D eigenvalue weighted by Crippen LogP contribution is 2.43. The van der Waals surface area contributed by atoms with Crippen molar-refractivity contribution in [3.63, 3.8) is 0 Å². The highest BCUT2D eigenvalue weighted by molar-refractivity contribution is 14.0. The quantitative estimate of drug-likeness (QED) is 0.376. The number of piperazine rings is 1. The lowest BCUT2D eigenvalue weighted by atomic mass is 9.78. The SMILES string of the molecule is CCNC(=NCC1(c2c(F)cccc2F)CCCC1)N1CCN(C(C)=O)CC1.I. The number of nitrogens with one attached hydrogen (secondary N) is 1. The number of rotatable bonds is 4. The maximum absolute atomic E-state index is 14.5. The van der Waals surface area contributed by atoms with Gasteiger partial charge >= 0.3 is 0 Å². The molecule has 0 radical (unpaired) electrons. The summed E-state index contributed by atoms with van der Waals surface area (Å²) in [6.07, 6.45) is 3.39. The van der Waals surface area contributed by atoms with Gasteiger partial charge in [-0.2, -0.15) is 0 Å². The normalized spacial score (nSPS) is 19.1. The van der Waals surface area contributed by atoms with E-state index in [4.69, 9.17) is 4.99 Å². The van der Waals surface area contributed by atoms with Crippen LogP contribution in [0.1, 0.15) is 45.1 Å². The molecule has 8 heteroatoms. The summed E-state index contributed by atoms with van der Waals surface area (Å²) in [5.74, 6) is -0.107. The third-order valence-corrected chi connectivity index (χ3v) is 5.94. The highest BCUT2D eigenvalue weighted by atomic mass is 127. The van der Waals surface area contributed by atoms with Crippen LogP contribution in [0.5, 0.6) is 0 Å². The number of guanidine groups is 1. The van der Waals surface area contributed by atoms with Crippen LogP contribution in [0.3, 0.4) is 0 Å². The van der Waals surface area contributed by atoms with Gasteiger partial charge in [-0.25, -0.2) is 8.78 Å². The van der Waals surface area contributed by atoms with Crippen LogP contribution < -0.4 is 5.32 Å². The Balaban J connectivity index is 0.00000300. The summed E-state index contributed by atoms with van der Waals surface area (Å²) in [6, 6.07) is 4.10. The fourth-order valence-corrected chi connectivity index (χ4v) is 4.43. The maximum Gasteiger partial charge on any atom is 0.219 e. The van der Waals surface area contributed by atoms with Crippen LogP contribution in [0.2, 0.25) is 0 Å². The Bertz CT molecular complexity index is 709. The fraction of sp³-hybridized carbons (Fsp3) is 0.619. The van der Waals surface area contributed by atoms with Gasteiger partial charge in [-0.3, -0.25) is 9.79 Å². The minimum atomic E-state index is -0.586. The van der Waals surface area contributed by atoms with E-state index in [1.807, 2.05) is 11.8 Å². The molecule has 1 N–H and O–H groups in total. The van der Waals surface area contributed by atoms with Crippen LogP contribution in [0.25, 0.3) is 0 Å². The average molecular weight is 520 g/mol. The summed E-state index contributed by atoms with van der Waals surface area (Å²) in [7, 11) is 0. The van der Waals surface area contributed by atoms with Crippen molar-refractivity contribution in [3.05, 3.63) is 35.4 Å². The molecule has 3 rings (SSSR count). The molecule has 162 valence electrons. The van der Waals surface area contributed by atoms with Gasteiger partial charge in [-0.15, -0.1) is 24.0 Å². The van der Waals surface area contributed by atoms with Gasteiger partial charge in [0.2, 0.25) is 5.91 Å². The van der Waals surface area contributed by atoms with Crippen molar-refractivity contribution in [3.8, 4) is 0 Å². The molecule has 1 amide bonds. The molecule has 2 aliphatic rings. The molecule has 5 nitrogen and oxygen atoms in total. The van der Waals surface area contributed by atoms with Crippen LogP contribution in [0.4, 0.5) is 8.78 Å². The zero-order valence-electron chi connectivity index (χ0n) is 17.2. The highest BCUT2D eigenvalue weighted by Gasteiger charge is 2.40. The van der Waals surface area contributed by atoms with Gasteiger partial charge in [0.25, 0.3) is 0 Å². The first kappa shape index (κ1) is 23.8. The minimum absolute atomic E-state index is 0. The lowest BCUT2D eigenvalue weighted by Crippen LogP contribution is -2.53. The van der Waals surface area contributed by atoms with Crippen molar-refractivity contribution in [2.75, 3.05) is 39.3 Å². The molecule has 1 saturated heterocycles. The summed E-state index contributed by atoms with van der Waals surface area (Å²) in [4.78, 5) is 20.3. The van der Waals surface area contributed by atoms with Crippen molar-refractivity contribution in [1.29, 1.82) is 0 Å². The van der Waals surface area contributed by atoms with Crippen LogP contribution in [-0.4, -0.2) is 60.9 Å².